The van der Waals surface area contributed by atoms with Crippen molar-refractivity contribution in [2.75, 3.05) is 13.7 Å². The van der Waals surface area contributed by atoms with E-state index in [1.54, 1.807) is 7.11 Å². The van der Waals surface area contributed by atoms with Gasteiger partial charge in [0, 0.05) is 11.5 Å². The van der Waals surface area contributed by atoms with Gasteiger partial charge in [-0.1, -0.05) is 6.42 Å². The molecule has 0 heterocycles. The first-order valence-corrected chi connectivity index (χ1v) is 6.14. The molecule has 3 nitrogen and oxygen atoms in total. The van der Waals surface area contributed by atoms with Gasteiger partial charge in [0.15, 0.2) is 5.78 Å². The largest absolute Gasteiger partial charge is 0.497 e. The standard InChI is InChI=1S/C14H19NO2/c1-17-12-7-5-10(6-8-12)14(16)13-4-2-3-11(13)9-15/h5-8,11,13H,2-4,9,15H2,1H3. The monoisotopic (exact) mass is 233 g/mol. The SMILES string of the molecule is COc1ccc(C(=O)C2CCCC2CN)cc1. The minimum absolute atomic E-state index is 0.119. The molecule has 0 amide bonds. The molecule has 1 aromatic rings. The van der Waals surface area contributed by atoms with Gasteiger partial charge < -0.3 is 10.5 Å². The minimum Gasteiger partial charge on any atom is -0.497 e. The minimum atomic E-state index is 0.119. The van der Waals surface area contributed by atoms with Gasteiger partial charge in [0.25, 0.3) is 0 Å². The van der Waals surface area contributed by atoms with Crippen LogP contribution in [0.2, 0.25) is 0 Å². The van der Waals surface area contributed by atoms with Crippen molar-refractivity contribution in [1.82, 2.24) is 0 Å². The molecule has 1 aromatic carbocycles. The molecule has 3 heteroatoms. The average Bonchev–Trinajstić information content (AvgIpc) is 2.86. The Labute approximate surface area is 102 Å². The van der Waals surface area contributed by atoms with Crippen LogP contribution in [0.15, 0.2) is 24.3 Å². The predicted octanol–water partition coefficient (Wildman–Crippen LogP) is 2.25. The van der Waals surface area contributed by atoms with E-state index in [-0.39, 0.29) is 11.7 Å². The Hall–Kier alpha value is -1.35. The van der Waals surface area contributed by atoms with Crippen LogP contribution in [0.4, 0.5) is 0 Å². The fraction of sp³-hybridized carbons (Fsp3) is 0.500. The average molecular weight is 233 g/mol. The van der Waals surface area contributed by atoms with E-state index in [9.17, 15) is 4.79 Å². The van der Waals surface area contributed by atoms with Crippen molar-refractivity contribution in [2.45, 2.75) is 19.3 Å². The Morgan fingerprint density at radius 1 is 1.35 bits per heavy atom. The molecule has 0 bridgehead atoms. The number of hydrogen-bond acceptors (Lipinski definition) is 3. The van der Waals surface area contributed by atoms with Crippen LogP contribution in [-0.2, 0) is 0 Å². The molecule has 2 rings (SSSR count). The number of carbonyl (C=O) groups is 1. The van der Waals surface area contributed by atoms with Crippen molar-refractivity contribution < 1.29 is 9.53 Å². The van der Waals surface area contributed by atoms with E-state index in [1.807, 2.05) is 24.3 Å². The maximum Gasteiger partial charge on any atom is 0.166 e. The van der Waals surface area contributed by atoms with Gasteiger partial charge in [-0.3, -0.25) is 4.79 Å². The highest BCUT2D eigenvalue weighted by Crippen LogP contribution is 2.33. The van der Waals surface area contributed by atoms with Gasteiger partial charge in [-0.15, -0.1) is 0 Å². The third-order valence-electron chi connectivity index (χ3n) is 3.67. The summed E-state index contributed by atoms with van der Waals surface area (Å²) in [6.07, 6.45) is 3.18. The first-order chi connectivity index (χ1) is 8.26. The number of nitrogens with two attached hydrogens (primary N) is 1. The molecule has 0 aliphatic heterocycles. The van der Waals surface area contributed by atoms with E-state index < -0.39 is 0 Å². The third kappa shape index (κ3) is 2.50. The second-order valence-electron chi connectivity index (χ2n) is 4.63. The van der Waals surface area contributed by atoms with Gasteiger partial charge in [-0.25, -0.2) is 0 Å². The zero-order valence-corrected chi connectivity index (χ0v) is 10.2. The number of Topliss-reactive ketones (excluding diaryl/α,β-unsaturated/α-hetero) is 1. The maximum atomic E-state index is 12.3. The summed E-state index contributed by atoms with van der Waals surface area (Å²) in [5, 5.41) is 0. The predicted molar refractivity (Wildman–Crippen MR) is 67.2 cm³/mol. The molecule has 92 valence electrons. The molecular weight excluding hydrogens is 214 g/mol. The third-order valence-corrected chi connectivity index (χ3v) is 3.67. The number of rotatable bonds is 4. The summed E-state index contributed by atoms with van der Waals surface area (Å²) in [4.78, 5) is 12.3. The van der Waals surface area contributed by atoms with E-state index in [1.165, 1.54) is 0 Å². The number of ether oxygens (including phenoxy) is 1. The molecule has 2 atom stereocenters. The van der Waals surface area contributed by atoms with Crippen molar-refractivity contribution in [2.24, 2.45) is 17.6 Å². The second-order valence-corrected chi connectivity index (χ2v) is 4.63. The molecule has 0 spiro atoms. The fourth-order valence-corrected chi connectivity index (χ4v) is 2.63. The van der Waals surface area contributed by atoms with Crippen LogP contribution in [0.5, 0.6) is 5.75 Å². The van der Waals surface area contributed by atoms with Crippen molar-refractivity contribution in [3.8, 4) is 5.75 Å². The molecular formula is C14H19NO2. The van der Waals surface area contributed by atoms with E-state index in [0.717, 1.165) is 30.6 Å². The summed E-state index contributed by atoms with van der Waals surface area (Å²) in [6.45, 7) is 0.618. The molecule has 1 aliphatic rings. The van der Waals surface area contributed by atoms with Gasteiger partial charge >= 0.3 is 0 Å². The molecule has 2 unspecified atom stereocenters. The first kappa shape index (κ1) is 12.1. The smallest absolute Gasteiger partial charge is 0.166 e. The Morgan fingerprint density at radius 3 is 2.65 bits per heavy atom. The van der Waals surface area contributed by atoms with Crippen LogP contribution < -0.4 is 10.5 Å². The second kappa shape index (κ2) is 5.32. The van der Waals surface area contributed by atoms with Crippen molar-refractivity contribution in [1.29, 1.82) is 0 Å². The van der Waals surface area contributed by atoms with Crippen LogP contribution in [0.3, 0.4) is 0 Å². The molecule has 0 aromatic heterocycles. The Bertz CT molecular complexity index is 386. The van der Waals surface area contributed by atoms with Crippen LogP contribution in [0.25, 0.3) is 0 Å². The van der Waals surface area contributed by atoms with E-state index in [0.29, 0.717) is 12.5 Å². The highest BCUT2D eigenvalue weighted by molar-refractivity contribution is 5.98. The van der Waals surface area contributed by atoms with Crippen LogP contribution in [-0.4, -0.2) is 19.4 Å². The quantitative estimate of drug-likeness (QED) is 0.811. The molecule has 2 N–H and O–H groups in total. The number of ketones is 1. The Balaban J connectivity index is 2.13. The number of hydrogen-bond donors (Lipinski definition) is 1. The van der Waals surface area contributed by atoms with E-state index in [2.05, 4.69) is 0 Å². The zero-order valence-electron chi connectivity index (χ0n) is 10.2. The molecule has 1 saturated carbocycles. The fourth-order valence-electron chi connectivity index (χ4n) is 2.63. The van der Waals surface area contributed by atoms with Crippen molar-refractivity contribution in [3.05, 3.63) is 29.8 Å². The molecule has 0 radical (unpaired) electrons. The lowest BCUT2D eigenvalue weighted by molar-refractivity contribution is 0.0893. The molecule has 0 saturated heterocycles. The Morgan fingerprint density at radius 2 is 2.06 bits per heavy atom. The molecule has 1 aliphatic carbocycles. The van der Waals surface area contributed by atoms with Crippen LogP contribution in [0.1, 0.15) is 29.6 Å². The topological polar surface area (TPSA) is 52.3 Å². The first-order valence-electron chi connectivity index (χ1n) is 6.14. The van der Waals surface area contributed by atoms with Crippen LogP contribution >= 0.6 is 0 Å². The maximum absolute atomic E-state index is 12.3. The lowest BCUT2D eigenvalue weighted by Gasteiger charge is -2.16. The summed E-state index contributed by atoms with van der Waals surface area (Å²) >= 11 is 0. The summed E-state index contributed by atoms with van der Waals surface area (Å²) in [5.41, 5.74) is 6.49. The summed E-state index contributed by atoms with van der Waals surface area (Å²) in [7, 11) is 1.62. The normalized spacial score (nSPS) is 23.6. The number of carbonyl (C=O) groups excluding carboxylic acids is 1. The molecule has 17 heavy (non-hydrogen) atoms. The van der Waals surface area contributed by atoms with Crippen molar-refractivity contribution >= 4 is 5.78 Å². The van der Waals surface area contributed by atoms with Gasteiger partial charge in [0.2, 0.25) is 0 Å². The lowest BCUT2D eigenvalue weighted by Crippen LogP contribution is -2.25. The van der Waals surface area contributed by atoms with Crippen molar-refractivity contribution in [3.63, 3.8) is 0 Å². The zero-order chi connectivity index (χ0) is 12.3. The number of benzene rings is 1. The lowest BCUT2D eigenvalue weighted by atomic mass is 9.88. The summed E-state index contributed by atoms with van der Waals surface area (Å²) in [5.74, 6) is 1.50. The van der Waals surface area contributed by atoms with Gasteiger partial charge in [0.05, 0.1) is 7.11 Å². The van der Waals surface area contributed by atoms with Crippen LogP contribution in [0, 0.1) is 11.8 Å². The summed E-state index contributed by atoms with van der Waals surface area (Å²) in [6, 6.07) is 7.35. The van der Waals surface area contributed by atoms with Gasteiger partial charge in [-0.05, 0) is 49.6 Å². The van der Waals surface area contributed by atoms with E-state index >= 15 is 0 Å². The molecule has 1 fully saturated rings. The number of methoxy groups -OCH3 is 1. The summed E-state index contributed by atoms with van der Waals surface area (Å²) < 4.78 is 5.09. The Kier molecular flexibility index (Phi) is 3.79. The highest BCUT2D eigenvalue weighted by Gasteiger charge is 2.32. The van der Waals surface area contributed by atoms with Gasteiger partial charge in [0.1, 0.15) is 5.75 Å². The van der Waals surface area contributed by atoms with Gasteiger partial charge in [-0.2, -0.15) is 0 Å². The van der Waals surface area contributed by atoms with E-state index in [4.69, 9.17) is 10.5 Å². The highest BCUT2D eigenvalue weighted by atomic mass is 16.5.